The van der Waals surface area contributed by atoms with Crippen molar-refractivity contribution in [1.29, 1.82) is 0 Å². The summed E-state index contributed by atoms with van der Waals surface area (Å²) in [4.78, 5) is 7.82. The molecule has 0 atom stereocenters. The highest BCUT2D eigenvalue weighted by atomic mass is 32.2. The van der Waals surface area contributed by atoms with Crippen LogP contribution in [0.5, 0.6) is 0 Å². The molecule has 0 aromatic carbocycles. The second-order valence-corrected chi connectivity index (χ2v) is 8.18. The monoisotopic (exact) mass is 319 g/mol. The highest BCUT2D eigenvalue weighted by Crippen LogP contribution is 2.27. The Hall–Kier alpha value is -0.700. The van der Waals surface area contributed by atoms with E-state index in [9.17, 15) is 8.42 Å². The summed E-state index contributed by atoms with van der Waals surface area (Å²) in [5, 5.41) is 4.24. The van der Waals surface area contributed by atoms with E-state index in [-0.39, 0.29) is 11.5 Å². The van der Waals surface area contributed by atoms with Crippen molar-refractivity contribution in [3.05, 3.63) is 10.6 Å². The number of anilines is 1. The van der Waals surface area contributed by atoms with E-state index in [0.717, 1.165) is 23.9 Å². The van der Waals surface area contributed by atoms with E-state index in [2.05, 4.69) is 15.2 Å². The van der Waals surface area contributed by atoms with E-state index in [4.69, 9.17) is 4.74 Å². The normalized spacial score (nSPS) is 18.4. The summed E-state index contributed by atoms with van der Waals surface area (Å²) in [7, 11) is -1.16. The van der Waals surface area contributed by atoms with Gasteiger partial charge in [0, 0.05) is 38.2 Å². The van der Waals surface area contributed by atoms with Gasteiger partial charge in [0.2, 0.25) is 0 Å². The zero-order valence-electron chi connectivity index (χ0n) is 11.9. The molecule has 1 aromatic heterocycles. The maximum Gasteiger partial charge on any atom is 0.185 e. The molecule has 0 bridgehead atoms. The first-order valence-corrected chi connectivity index (χ1v) is 9.27. The molecule has 0 radical (unpaired) electrons. The minimum atomic E-state index is -2.84. The van der Waals surface area contributed by atoms with Crippen molar-refractivity contribution in [2.45, 2.75) is 13.5 Å². The van der Waals surface area contributed by atoms with Crippen molar-refractivity contribution < 1.29 is 13.2 Å². The summed E-state index contributed by atoms with van der Waals surface area (Å²) >= 11 is 1.64. The van der Waals surface area contributed by atoms with Crippen LogP contribution in [-0.4, -0.2) is 58.3 Å². The standard InChI is InChI=1S/C12H21N3O3S2/c1-10-11(9-13-3-6-18-2)19-12(14-10)15-4-7-20(16,17)8-5-15/h13H,3-9H2,1-2H3. The molecule has 20 heavy (non-hydrogen) atoms. The predicted molar refractivity (Wildman–Crippen MR) is 81.3 cm³/mol. The minimum absolute atomic E-state index is 0.229. The fourth-order valence-electron chi connectivity index (χ4n) is 1.99. The molecule has 0 aliphatic carbocycles. The first kappa shape index (κ1) is 15.7. The second-order valence-electron chi connectivity index (χ2n) is 4.81. The second kappa shape index (κ2) is 6.84. The summed E-state index contributed by atoms with van der Waals surface area (Å²) in [5.74, 6) is 0.458. The molecule has 6 nitrogen and oxygen atoms in total. The number of methoxy groups -OCH3 is 1. The van der Waals surface area contributed by atoms with Crippen LogP contribution in [0.3, 0.4) is 0 Å². The van der Waals surface area contributed by atoms with Crippen LogP contribution in [0.15, 0.2) is 0 Å². The lowest BCUT2D eigenvalue weighted by atomic mass is 10.4. The Bertz CT molecular complexity index is 528. The summed E-state index contributed by atoms with van der Waals surface area (Å²) in [6.45, 7) is 5.37. The van der Waals surface area contributed by atoms with Crippen LogP contribution in [0, 0.1) is 6.92 Å². The van der Waals surface area contributed by atoms with E-state index in [1.165, 1.54) is 4.88 Å². The van der Waals surface area contributed by atoms with Gasteiger partial charge in [0.25, 0.3) is 0 Å². The fraction of sp³-hybridized carbons (Fsp3) is 0.750. The van der Waals surface area contributed by atoms with Gasteiger partial charge in [-0.05, 0) is 6.92 Å². The van der Waals surface area contributed by atoms with E-state index >= 15 is 0 Å². The van der Waals surface area contributed by atoms with E-state index < -0.39 is 9.84 Å². The summed E-state index contributed by atoms with van der Waals surface area (Å²) in [6.07, 6.45) is 0. The molecule has 1 aromatic rings. The molecular formula is C12H21N3O3S2. The van der Waals surface area contributed by atoms with Crippen LogP contribution in [0.25, 0.3) is 0 Å². The van der Waals surface area contributed by atoms with Gasteiger partial charge in [-0.15, -0.1) is 11.3 Å². The van der Waals surface area contributed by atoms with Crippen LogP contribution in [0.4, 0.5) is 5.13 Å². The number of ether oxygens (including phenoxy) is 1. The Morgan fingerprint density at radius 1 is 1.40 bits per heavy atom. The third-order valence-electron chi connectivity index (χ3n) is 3.26. The van der Waals surface area contributed by atoms with E-state index in [1.54, 1.807) is 18.4 Å². The zero-order valence-corrected chi connectivity index (χ0v) is 13.5. The van der Waals surface area contributed by atoms with Crippen molar-refractivity contribution in [2.24, 2.45) is 0 Å². The largest absolute Gasteiger partial charge is 0.383 e. The predicted octanol–water partition coefficient (Wildman–Crippen LogP) is 0.422. The molecule has 1 saturated heterocycles. The lowest BCUT2D eigenvalue weighted by molar-refractivity contribution is 0.199. The number of thiazole rings is 1. The quantitative estimate of drug-likeness (QED) is 0.767. The van der Waals surface area contributed by atoms with Crippen LogP contribution in [0.2, 0.25) is 0 Å². The van der Waals surface area contributed by atoms with Crippen LogP contribution in [0.1, 0.15) is 10.6 Å². The van der Waals surface area contributed by atoms with Gasteiger partial charge in [-0.1, -0.05) is 0 Å². The SMILES string of the molecule is COCCNCc1sc(N2CCS(=O)(=O)CC2)nc1C. The maximum absolute atomic E-state index is 11.4. The molecule has 0 unspecified atom stereocenters. The van der Waals surface area contributed by atoms with Gasteiger partial charge < -0.3 is 15.0 Å². The lowest BCUT2D eigenvalue weighted by Crippen LogP contribution is -2.40. The van der Waals surface area contributed by atoms with Crippen molar-refractivity contribution in [2.75, 3.05) is 49.8 Å². The van der Waals surface area contributed by atoms with Gasteiger partial charge in [-0.2, -0.15) is 0 Å². The van der Waals surface area contributed by atoms with Crippen LogP contribution in [-0.2, 0) is 21.1 Å². The van der Waals surface area contributed by atoms with Gasteiger partial charge in [0.1, 0.15) is 0 Å². The molecule has 2 heterocycles. The number of aromatic nitrogens is 1. The fourth-order valence-corrected chi connectivity index (χ4v) is 4.28. The average Bonchev–Trinajstić information content (AvgIpc) is 2.76. The molecule has 114 valence electrons. The number of rotatable bonds is 6. The average molecular weight is 319 g/mol. The Morgan fingerprint density at radius 3 is 2.75 bits per heavy atom. The Morgan fingerprint density at radius 2 is 2.10 bits per heavy atom. The van der Waals surface area contributed by atoms with Gasteiger partial charge in [-0.25, -0.2) is 13.4 Å². The van der Waals surface area contributed by atoms with Crippen LogP contribution < -0.4 is 10.2 Å². The van der Waals surface area contributed by atoms with E-state index in [1.807, 2.05) is 6.92 Å². The number of sulfone groups is 1. The third-order valence-corrected chi connectivity index (χ3v) is 6.09. The molecule has 0 amide bonds. The van der Waals surface area contributed by atoms with Gasteiger partial charge in [-0.3, -0.25) is 0 Å². The molecule has 1 N–H and O–H groups in total. The first-order valence-electron chi connectivity index (χ1n) is 6.63. The molecule has 0 spiro atoms. The van der Waals surface area contributed by atoms with Crippen molar-refractivity contribution in [1.82, 2.24) is 10.3 Å². The van der Waals surface area contributed by atoms with Crippen molar-refractivity contribution in [3.8, 4) is 0 Å². The number of nitrogens with one attached hydrogen (secondary N) is 1. The van der Waals surface area contributed by atoms with Crippen LogP contribution >= 0.6 is 11.3 Å². The number of hydrogen-bond donors (Lipinski definition) is 1. The van der Waals surface area contributed by atoms with Crippen molar-refractivity contribution >= 4 is 26.3 Å². The molecule has 1 fully saturated rings. The number of aryl methyl sites for hydroxylation is 1. The zero-order chi connectivity index (χ0) is 14.6. The molecule has 1 aliphatic heterocycles. The first-order chi connectivity index (χ1) is 9.52. The smallest absolute Gasteiger partial charge is 0.185 e. The highest BCUT2D eigenvalue weighted by molar-refractivity contribution is 7.91. The van der Waals surface area contributed by atoms with Crippen molar-refractivity contribution in [3.63, 3.8) is 0 Å². The van der Waals surface area contributed by atoms with Gasteiger partial charge in [0.05, 0.1) is 23.8 Å². The molecule has 2 rings (SSSR count). The summed E-state index contributed by atoms with van der Waals surface area (Å²) in [6, 6.07) is 0. The molecule has 0 saturated carbocycles. The van der Waals surface area contributed by atoms with Gasteiger partial charge in [0.15, 0.2) is 15.0 Å². The number of nitrogens with zero attached hydrogens (tertiary/aromatic N) is 2. The maximum atomic E-state index is 11.4. The Kier molecular flexibility index (Phi) is 5.36. The molecule has 8 heteroatoms. The summed E-state index contributed by atoms with van der Waals surface area (Å²) in [5.41, 5.74) is 1.02. The molecular weight excluding hydrogens is 298 g/mol. The third kappa shape index (κ3) is 4.15. The minimum Gasteiger partial charge on any atom is -0.383 e. The number of hydrogen-bond acceptors (Lipinski definition) is 7. The Balaban J connectivity index is 1.93. The van der Waals surface area contributed by atoms with Gasteiger partial charge >= 0.3 is 0 Å². The molecule has 1 aliphatic rings. The summed E-state index contributed by atoms with van der Waals surface area (Å²) < 4.78 is 27.9. The van der Waals surface area contributed by atoms with E-state index in [0.29, 0.717) is 19.7 Å². The lowest BCUT2D eigenvalue weighted by Gasteiger charge is -2.25. The topological polar surface area (TPSA) is 71.5 Å². The Labute approximate surface area is 124 Å². The highest BCUT2D eigenvalue weighted by Gasteiger charge is 2.24.